The van der Waals surface area contributed by atoms with E-state index in [0.29, 0.717) is 27.9 Å². The molecule has 3 aromatic rings. The highest BCUT2D eigenvalue weighted by Crippen LogP contribution is 2.25. The molecule has 1 heterocycles. The monoisotopic (exact) mass is 355 g/mol. The van der Waals surface area contributed by atoms with Gasteiger partial charge >= 0.3 is 0 Å². The Morgan fingerprint density at radius 3 is 2.68 bits per heavy atom. The second-order valence-corrected chi connectivity index (χ2v) is 6.38. The SMILES string of the molecule is Cc1ccc(C(=O)N(C)Cc2nc(-c3ccccc3Cl)no2)c(C)c1. The molecule has 2 aromatic carbocycles. The summed E-state index contributed by atoms with van der Waals surface area (Å²) in [5.74, 6) is 0.679. The maximum absolute atomic E-state index is 12.6. The first-order valence-electron chi connectivity index (χ1n) is 7.86. The number of aryl methyl sites for hydroxylation is 2. The summed E-state index contributed by atoms with van der Waals surface area (Å²) in [7, 11) is 1.71. The van der Waals surface area contributed by atoms with Crippen molar-refractivity contribution in [2.75, 3.05) is 7.05 Å². The second kappa shape index (κ2) is 7.07. The molecule has 1 amide bonds. The Hall–Kier alpha value is -2.66. The van der Waals surface area contributed by atoms with E-state index in [1.54, 1.807) is 18.0 Å². The molecule has 0 aliphatic carbocycles. The van der Waals surface area contributed by atoms with Crippen LogP contribution in [0.1, 0.15) is 27.4 Å². The molecular weight excluding hydrogens is 338 g/mol. The molecule has 3 rings (SSSR count). The average molecular weight is 356 g/mol. The lowest BCUT2D eigenvalue weighted by Crippen LogP contribution is -2.27. The lowest BCUT2D eigenvalue weighted by atomic mass is 10.0. The van der Waals surface area contributed by atoms with Gasteiger partial charge in [-0.15, -0.1) is 0 Å². The lowest BCUT2D eigenvalue weighted by molar-refractivity contribution is 0.0769. The fourth-order valence-electron chi connectivity index (χ4n) is 2.60. The van der Waals surface area contributed by atoms with Crippen LogP contribution in [0.25, 0.3) is 11.4 Å². The van der Waals surface area contributed by atoms with Crippen molar-refractivity contribution in [3.05, 3.63) is 70.1 Å². The minimum atomic E-state index is -0.0880. The van der Waals surface area contributed by atoms with Crippen LogP contribution in [0.2, 0.25) is 5.02 Å². The van der Waals surface area contributed by atoms with Crippen LogP contribution in [0.3, 0.4) is 0 Å². The van der Waals surface area contributed by atoms with Gasteiger partial charge in [0.25, 0.3) is 5.91 Å². The summed E-state index contributed by atoms with van der Waals surface area (Å²) in [6, 6.07) is 13.0. The van der Waals surface area contributed by atoms with E-state index in [1.807, 2.05) is 50.2 Å². The molecule has 25 heavy (non-hydrogen) atoms. The third kappa shape index (κ3) is 3.72. The van der Waals surface area contributed by atoms with Crippen LogP contribution in [-0.2, 0) is 6.54 Å². The number of rotatable bonds is 4. The Morgan fingerprint density at radius 1 is 1.20 bits per heavy atom. The first-order valence-corrected chi connectivity index (χ1v) is 8.23. The van der Waals surface area contributed by atoms with Crippen LogP contribution < -0.4 is 0 Å². The van der Waals surface area contributed by atoms with Crippen molar-refractivity contribution in [3.8, 4) is 11.4 Å². The fraction of sp³-hybridized carbons (Fsp3) is 0.211. The quantitative estimate of drug-likeness (QED) is 0.700. The molecular formula is C19H18ClN3O2. The number of amides is 1. The third-order valence-corrected chi connectivity index (χ3v) is 4.24. The Balaban J connectivity index is 1.76. The van der Waals surface area contributed by atoms with Crippen LogP contribution in [-0.4, -0.2) is 28.0 Å². The van der Waals surface area contributed by atoms with Crippen LogP contribution in [0.5, 0.6) is 0 Å². The van der Waals surface area contributed by atoms with Crippen LogP contribution in [0, 0.1) is 13.8 Å². The van der Waals surface area contributed by atoms with E-state index in [-0.39, 0.29) is 12.5 Å². The van der Waals surface area contributed by atoms with Gasteiger partial charge < -0.3 is 9.42 Å². The smallest absolute Gasteiger partial charge is 0.254 e. The molecule has 0 saturated carbocycles. The highest BCUT2D eigenvalue weighted by Gasteiger charge is 2.18. The number of halogens is 1. The maximum atomic E-state index is 12.6. The van der Waals surface area contributed by atoms with E-state index in [0.717, 1.165) is 11.1 Å². The van der Waals surface area contributed by atoms with Gasteiger partial charge in [-0.05, 0) is 37.6 Å². The van der Waals surface area contributed by atoms with Crippen molar-refractivity contribution in [1.82, 2.24) is 15.0 Å². The molecule has 5 nitrogen and oxygen atoms in total. The number of hydrogen-bond donors (Lipinski definition) is 0. The first kappa shape index (κ1) is 17.2. The predicted octanol–water partition coefficient (Wildman–Crippen LogP) is 4.28. The summed E-state index contributed by atoms with van der Waals surface area (Å²) in [4.78, 5) is 18.5. The van der Waals surface area contributed by atoms with Gasteiger partial charge in [-0.25, -0.2) is 0 Å². The minimum Gasteiger partial charge on any atom is -0.337 e. The number of benzene rings is 2. The first-order chi connectivity index (χ1) is 12.0. The topological polar surface area (TPSA) is 59.2 Å². The molecule has 128 valence electrons. The number of hydrogen-bond acceptors (Lipinski definition) is 4. The Kier molecular flexibility index (Phi) is 4.86. The van der Waals surface area contributed by atoms with Crippen molar-refractivity contribution < 1.29 is 9.32 Å². The molecule has 0 saturated heterocycles. The Bertz CT molecular complexity index is 921. The van der Waals surface area contributed by atoms with E-state index in [4.69, 9.17) is 16.1 Å². The van der Waals surface area contributed by atoms with Crippen LogP contribution in [0.15, 0.2) is 47.0 Å². The largest absolute Gasteiger partial charge is 0.337 e. The highest BCUT2D eigenvalue weighted by molar-refractivity contribution is 6.33. The van der Waals surface area contributed by atoms with Crippen molar-refractivity contribution in [2.24, 2.45) is 0 Å². The summed E-state index contributed by atoms with van der Waals surface area (Å²) in [6.45, 7) is 4.15. The average Bonchev–Trinajstić information content (AvgIpc) is 3.03. The molecule has 0 fully saturated rings. The second-order valence-electron chi connectivity index (χ2n) is 5.97. The fourth-order valence-corrected chi connectivity index (χ4v) is 2.83. The van der Waals surface area contributed by atoms with Crippen LogP contribution in [0.4, 0.5) is 0 Å². The van der Waals surface area contributed by atoms with Gasteiger partial charge in [-0.2, -0.15) is 4.98 Å². The van der Waals surface area contributed by atoms with Crippen LogP contribution >= 0.6 is 11.6 Å². The molecule has 0 aliphatic heterocycles. The van der Waals surface area contributed by atoms with Crippen molar-refractivity contribution >= 4 is 17.5 Å². The van der Waals surface area contributed by atoms with Gasteiger partial charge in [0.2, 0.25) is 11.7 Å². The van der Waals surface area contributed by atoms with E-state index in [9.17, 15) is 4.79 Å². The summed E-state index contributed by atoms with van der Waals surface area (Å²) in [5, 5.41) is 4.50. The molecule has 0 unspecified atom stereocenters. The van der Waals surface area contributed by atoms with Gasteiger partial charge in [-0.3, -0.25) is 4.79 Å². The Morgan fingerprint density at radius 2 is 1.96 bits per heavy atom. The van der Waals surface area contributed by atoms with Gasteiger partial charge in [0.05, 0.1) is 11.6 Å². The predicted molar refractivity (Wildman–Crippen MR) is 96.5 cm³/mol. The number of nitrogens with zero attached hydrogens (tertiary/aromatic N) is 3. The van der Waals surface area contributed by atoms with Gasteiger partial charge in [0, 0.05) is 18.2 Å². The zero-order valence-corrected chi connectivity index (χ0v) is 15.0. The van der Waals surface area contributed by atoms with Gasteiger partial charge in [0.15, 0.2) is 0 Å². The summed E-state index contributed by atoms with van der Waals surface area (Å²) in [6.07, 6.45) is 0. The number of carbonyl (C=O) groups is 1. The molecule has 0 bridgehead atoms. The molecule has 1 aromatic heterocycles. The zero-order valence-electron chi connectivity index (χ0n) is 14.3. The van der Waals surface area contributed by atoms with Crippen molar-refractivity contribution in [2.45, 2.75) is 20.4 Å². The third-order valence-electron chi connectivity index (χ3n) is 3.91. The molecule has 0 radical (unpaired) electrons. The Labute approximate surface area is 151 Å². The number of aromatic nitrogens is 2. The van der Waals surface area contributed by atoms with Crippen molar-refractivity contribution in [1.29, 1.82) is 0 Å². The molecule has 0 spiro atoms. The lowest BCUT2D eigenvalue weighted by Gasteiger charge is -2.16. The van der Waals surface area contributed by atoms with Gasteiger partial charge in [-0.1, -0.05) is 46.6 Å². The highest BCUT2D eigenvalue weighted by atomic mass is 35.5. The summed E-state index contributed by atoms with van der Waals surface area (Å²) < 4.78 is 5.27. The standard InChI is InChI=1S/C19H18ClN3O2/c1-12-8-9-14(13(2)10-12)19(24)23(3)11-17-21-18(22-25-17)15-6-4-5-7-16(15)20/h4-10H,11H2,1-3H3. The zero-order chi connectivity index (χ0) is 18.0. The number of carbonyl (C=O) groups excluding carboxylic acids is 1. The van der Waals surface area contributed by atoms with E-state index < -0.39 is 0 Å². The summed E-state index contributed by atoms with van der Waals surface area (Å²) >= 11 is 6.15. The molecule has 6 heteroatoms. The van der Waals surface area contributed by atoms with Crippen molar-refractivity contribution in [3.63, 3.8) is 0 Å². The molecule has 0 aliphatic rings. The van der Waals surface area contributed by atoms with E-state index in [1.165, 1.54) is 0 Å². The summed E-state index contributed by atoms with van der Waals surface area (Å²) in [5.41, 5.74) is 3.43. The maximum Gasteiger partial charge on any atom is 0.254 e. The van der Waals surface area contributed by atoms with E-state index in [2.05, 4.69) is 10.1 Å². The molecule has 0 N–H and O–H groups in total. The minimum absolute atomic E-state index is 0.0880. The molecule has 0 atom stereocenters. The van der Waals surface area contributed by atoms with E-state index >= 15 is 0 Å². The van der Waals surface area contributed by atoms with Gasteiger partial charge in [0.1, 0.15) is 0 Å². The normalized spacial score (nSPS) is 10.7.